The molecule has 0 aromatic rings. The number of carbonyl (C=O) groups excluding carboxylic acids is 1. The van der Waals surface area contributed by atoms with Crippen molar-refractivity contribution in [1.82, 2.24) is 5.32 Å². The van der Waals surface area contributed by atoms with Crippen molar-refractivity contribution in [3.63, 3.8) is 0 Å². The third-order valence-electron chi connectivity index (χ3n) is 7.47. The van der Waals surface area contributed by atoms with Crippen molar-refractivity contribution < 1.29 is 22.9 Å². The number of hydrogen-bond acceptors (Lipinski definition) is 4. The Bertz CT molecular complexity index is 1110. The summed E-state index contributed by atoms with van der Waals surface area (Å²) in [5.74, 6) is -1.05. The summed E-state index contributed by atoms with van der Waals surface area (Å²) in [6, 6.07) is -1.10. The smallest absolute Gasteiger partial charge is 0.267 e. The number of aliphatic hydroxyl groups is 1. The number of nitrogens with one attached hydrogen (secondary N) is 1. The van der Waals surface area contributed by atoms with Gasteiger partial charge in [0.15, 0.2) is 0 Å². The minimum atomic E-state index is -4.37. The Balaban J connectivity index is 4.09. The molecule has 0 heterocycles. The van der Waals surface area contributed by atoms with Gasteiger partial charge < -0.3 is 10.4 Å². The Labute approximate surface area is 294 Å². The fraction of sp³-hybridized carbons (Fsp3) is 0.585. The normalized spacial score (nSPS) is 14.5. The highest BCUT2D eigenvalue weighted by atomic mass is 32.2. The third-order valence-corrected chi connectivity index (χ3v) is 8.25. The summed E-state index contributed by atoms with van der Waals surface area (Å²) >= 11 is 0. The predicted octanol–water partition coefficient (Wildman–Crippen LogP) is 10.6. The van der Waals surface area contributed by atoms with E-state index in [-0.39, 0.29) is 12.3 Å². The fourth-order valence-corrected chi connectivity index (χ4v) is 5.46. The number of amides is 1. The molecule has 0 saturated carbocycles. The highest BCUT2D eigenvalue weighted by Crippen LogP contribution is 2.10. The second-order valence-corrected chi connectivity index (χ2v) is 13.6. The number of aliphatic hydroxyl groups excluding tert-OH is 1. The Kier molecular flexibility index (Phi) is 32.2. The molecule has 272 valence electrons. The topological polar surface area (TPSA) is 104 Å². The van der Waals surface area contributed by atoms with Crippen molar-refractivity contribution in [3.8, 4) is 0 Å². The average molecular weight is 686 g/mol. The Morgan fingerprint density at radius 1 is 0.583 bits per heavy atom. The zero-order valence-electron chi connectivity index (χ0n) is 30.1. The van der Waals surface area contributed by atoms with Gasteiger partial charge in [-0.3, -0.25) is 9.35 Å². The highest BCUT2D eigenvalue weighted by molar-refractivity contribution is 7.85. The predicted molar refractivity (Wildman–Crippen MR) is 207 cm³/mol. The van der Waals surface area contributed by atoms with Gasteiger partial charge in [0.2, 0.25) is 5.91 Å². The van der Waals surface area contributed by atoms with E-state index < -0.39 is 28.0 Å². The van der Waals surface area contributed by atoms with Crippen LogP contribution in [0.15, 0.2) is 97.2 Å². The Morgan fingerprint density at radius 2 is 1.02 bits per heavy atom. The first-order valence-electron chi connectivity index (χ1n) is 18.4. The van der Waals surface area contributed by atoms with Crippen molar-refractivity contribution in [2.75, 3.05) is 5.75 Å². The first kappa shape index (κ1) is 45.3. The highest BCUT2D eigenvalue weighted by Gasteiger charge is 2.24. The van der Waals surface area contributed by atoms with E-state index in [0.717, 1.165) is 89.9 Å². The van der Waals surface area contributed by atoms with Gasteiger partial charge in [0.1, 0.15) is 0 Å². The molecule has 2 atom stereocenters. The van der Waals surface area contributed by atoms with Gasteiger partial charge in [-0.25, -0.2) is 0 Å². The molecule has 0 aromatic heterocycles. The van der Waals surface area contributed by atoms with Gasteiger partial charge in [-0.1, -0.05) is 143 Å². The summed E-state index contributed by atoms with van der Waals surface area (Å²) in [6.45, 7) is 4.33. The molecule has 0 aliphatic rings. The van der Waals surface area contributed by atoms with Crippen LogP contribution in [0.5, 0.6) is 0 Å². The lowest BCUT2D eigenvalue weighted by Gasteiger charge is -2.21. The molecule has 0 radical (unpaired) electrons. The van der Waals surface area contributed by atoms with E-state index in [4.69, 9.17) is 0 Å². The molecule has 0 fully saturated rings. The Morgan fingerprint density at radius 3 is 1.56 bits per heavy atom. The van der Waals surface area contributed by atoms with E-state index in [1.54, 1.807) is 6.08 Å². The molecule has 48 heavy (non-hydrogen) atoms. The van der Waals surface area contributed by atoms with Gasteiger partial charge >= 0.3 is 0 Å². The number of unbranched alkanes of at least 4 members (excludes halogenated alkanes) is 9. The number of hydrogen-bond donors (Lipinski definition) is 3. The van der Waals surface area contributed by atoms with Crippen molar-refractivity contribution in [3.05, 3.63) is 97.2 Å². The molecule has 0 aliphatic heterocycles. The van der Waals surface area contributed by atoms with E-state index in [9.17, 15) is 22.9 Å². The summed E-state index contributed by atoms with van der Waals surface area (Å²) in [6.07, 6.45) is 51.0. The lowest BCUT2D eigenvalue weighted by molar-refractivity contribution is -0.122. The molecule has 0 bridgehead atoms. The average Bonchev–Trinajstić information content (AvgIpc) is 3.05. The molecule has 0 saturated heterocycles. The molecule has 0 aromatic carbocycles. The quantitative estimate of drug-likeness (QED) is 0.0383. The van der Waals surface area contributed by atoms with Crippen LogP contribution in [0.2, 0.25) is 0 Å². The molecule has 1 amide bonds. The molecular formula is C41H67NO5S. The molecular weight excluding hydrogens is 619 g/mol. The van der Waals surface area contributed by atoms with E-state index in [1.807, 2.05) is 0 Å². The SMILES string of the molecule is CC/C=C\C/C=C\C/C=C\C/C=C\C/C=C\CCCCCCCC(=O)NC(CS(=O)(=O)O)C(O)/C=C/CC/C=C/CC/C=C/CCCC. The molecule has 7 heteroatoms. The van der Waals surface area contributed by atoms with E-state index in [1.165, 1.54) is 18.9 Å². The molecule has 6 nitrogen and oxygen atoms in total. The lowest BCUT2D eigenvalue weighted by atomic mass is 10.1. The lowest BCUT2D eigenvalue weighted by Crippen LogP contribution is -2.46. The molecule has 2 unspecified atom stereocenters. The third kappa shape index (κ3) is 34.6. The van der Waals surface area contributed by atoms with Gasteiger partial charge in [-0.05, 0) is 83.5 Å². The maximum atomic E-state index is 12.5. The summed E-state index contributed by atoms with van der Waals surface area (Å²) in [4.78, 5) is 12.5. The largest absolute Gasteiger partial charge is 0.387 e. The van der Waals surface area contributed by atoms with Gasteiger partial charge in [0.05, 0.1) is 17.9 Å². The van der Waals surface area contributed by atoms with Gasteiger partial charge in [-0.2, -0.15) is 8.42 Å². The second-order valence-electron chi connectivity index (χ2n) is 12.1. The fourth-order valence-electron chi connectivity index (χ4n) is 4.73. The number of rotatable bonds is 31. The van der Waals surface area contributed by atoms with E-state index in [0.29, 0.717) is 12.8 Å². The van der Waals surface area contributed by atoms with Crippen LogP contribution in [0.1, 0.15) is 136 Å². The maximum absolute atomic E-state index is 12.5. The van der Waals surface area contributed by atoms with Gasteiger partial charge in [0.25, 0.3) is 10.1 Å². The summed E-state index contributed by atoms with van der Waals surface area (Å²) in [7, 11) is -4.37. The molecule has 0 rings (SSSR count). The van der Waals surface area contributed by atoms with E-state index >= 15 is 0 Å². The van der Waals surface area contributed by atoms with Crippen LogP contribution in [0.3, 0.4) is 0 Å². The first-order chi connectivity index (χ1) is 23.3. The first-order valence-corrected chi connectivity index (χ1v) is 20.0. The summed E-state index contributed by atoms with van der Waals surface area (Å²) < 4.78 is 32.3. The van der Waals surface area contributed by atoms with Crippen molar-refractivity contribution >= 4 is 16.0 Å². The van der Waals surface area contributed by atoms with Crippen LogP contribution in [0.4, 0.5) is 0 Å². The van der Waals surface area contributed by atoms with Crippen molar-refractivity contribution in [1.29, 1.82) is 0 Å². The van der Waals surface area contributed by atoms with Crippen LogP contribution in [0, 0.1) is 0 Å². The minimum absolute atomic E-state index is 0.256. The monoisotopic (exact) mass is 685 g/mol. The van der Waals surface area contributed by atoms with Gasteiger partial charge in [-0.15, -0.1) is 0 Å². The van der Waals surface area contributed by atoms with Crippen LogP contribution in [0.25, 0.3) is 0 Å². The molecule has 3 N–H and O–H groups in total. The van der Waals surface area contributed by atoms with Crippen LogP contribution in [-0.2, 0) is 14.9 Å². The number of carbonyl (C=O) groups is 1. The van der Waals surface area contributed by atoms with E-state index in [2.05, 4.69) is 104 Å². The Hall–Kier alpha value is -2.74. The maximum Gasteiger partial charge on any atom is 0.267 e. The minimum Gasteiger partial charge on any atom is -0.387 e. The molecule has 0 spiro atoms. The summed E-state index contributed by atoms with van der Waals surface area (Å²) in [5, 5.41) is 13.1. The zero-order chi connectivity index (χ0) is 35.4. The van der Waals surface area contributed by atoms with Crippen LogP contribution < -0.4 is 5.32 Å². The number of allylic oxidation sites excluding steroid dienone is 15. The van der Waals surface area contributed by atoms with Crippen molar-refractivity contribution in [2.24, 2.45) is 0 Å². The summed E-state index contributed by atoms with van der Waals surface area (Å²) in [5.41, 5.74) is 0. The second kappa shape index (κ2) is 34.1. The standard InChI is InChI=1S/C41H67NO5S/c1-3-5-7-9-11-13-15-17-18-19-20-21-22-23-24-25-27-29-31-33-35-37-41(44)42-39(38-48(45,46)47)40(43)36-34-32-30-28-26-16-14-12-10-8-6-4-2/h5,7,10-13,17-18,20-21,23-24,26,28,34,36,39-40,43H,3-4,6,8-9,14-16,19,22,25,27,29-33,35,37-38H2,1-2H3,(H,42,44)(H,45,46,47)/b7-5-,12-10+,13-11-,18-17-,21-20-,24-23-,28-26+,36-34+. The van der Waals surface area contributed by atoms with Crippen LogP contribution in [-0.4, -0.2) is 41.9 Å². The van der Waals surface area contributed by atoms with Crippen molar-refractivity contribution in [2.45, 2.75) is 148 Å². The molecule has 0 aliphatic carbocycles. The van der Waals surface area contributed by atoms with Gasteiger partial charge in [0, 0.05) is 6.42 Å². The zero-order valence-corrected chi connectivity index (χ0v) is 30.9. The van der Waals surface area contributed by atoms with Crippen LogP contribution >= 0.6 is 0 Å².